The molecule has 0 unspecified atom stereocenters. The van der Waals surface area contributed by atoms with E-state index < -0.39 is 0 Å². The summed E-state index contributed by atoms with van der Waals surface area (Å²) in [5, 5.41) is 0. The molecule has 2 heterocycles. The summed E-state index contributed by atoms with van der Waals surface area (Å²) in [6, 6.07) is 9.18. The molecule has 3 nitrogen and oxygen atoms in total. The first-order chi connectivity index (χ1) is 9.65. The molecule has 0 radical (unpaired) electrons. The van der Waals surface area contributed by atoms with Gasteiger partial charge in [-0.2, -0.15) is 0 Å². The summed E-state index contributed by atoms with van der Waals surface area (Å²) in [4.78, 5) is 7.35. The van der Waals surface area contributed by atoms with Gasteiger partial charge in [0.1, 0.15) is 5.82 Å². The van der Waals surface area contributed by atoms with Gasteiger partial charge in [-0.15, -0.1) is 0 Å². The number of aromatic nitrogens is 3. The highest BCUT2D eigenvalue weighted by atomic mass is 32.1. The van der Waals surface area contributed by atoms with Crippen molar-refractivity contribution in [1.82, 2.24) is 14.5 Å². The summed E-state index contributed by atoms with van der Waals surface area (Å²) in [7, 11) is 0. The van der Waals surface area contributed by atoms with Crippen molar-refractivity contribution in [3.8, 4) is 0 Å². The first-order valence-electron chi connectivity index (χ1n) is 6.44. The Labute approximate surface area is 121 Å². The molecule has 0 saturated heterocycles. The normalized spacial score (nSPS) is 11.1. The van der Waals surface area contributed by atoms with Gasteiger partial charge in [0, 0.05) is 24.9 Å². The van der Waals surface area contributed by atoms with E-state index in [0.29, 0.717) is 10.3 Å². The van der Waals surface area contributed by atoms with E-state index in [4.69, 9.17) is 12.2 Å². The van der Waals surface area contributed by atoms with Gasteiger partial charge in [-0.25, -0.2) is 4.39 Å². The van der Waals surface area contributed by atoms with Gasteiger partial charge in [-0.1, -0.05) is 6.07 Å². The van der Waals surface area contributed by atoms with Crippen molar-refractivity contribution in [1.29, 1.82) is 0 Å². The molecular weight excluding hydrogens is 273 g/mol. The number of hydrogen-bond donors (Lipinski definition) is 1. The highest BCUT2D eigenvalue weighted by Crippen LogP contribution is 2.19. The van der Waals surface area contributed by atoms with E-state index in [0.717, 1.165) is 29.7 Å². The summed E-state index contributed by atoms with van der Waals surface area (Å²) >= 11 is 5.32. The van der Waals surface area contributed by atoms with E-state index in [1.54, 1.807) is 13.1 Å². The summed E-state index contributed by atoms with van der Waals surface area (Å²) < 4.78 is 16.2. The summed E-state index contributed by atoms with van der Waals surface area (Å²) in [6.07, 6.45) is 2.57. The molecule has 0 aliphatic heterocycles. The van der Waals surface area contributed by atoms with Crippen molar-refractivity contribution >= 4 is 23.3 Å². The lowest BCUT2D eigenvalue weighted by molar-refractivity contribution is 0.620. The highest BCUT2D eigenvalue weighted by molar-refractivity contribution is 7.71. The number of rotatable bonds is 3. The van der Waals surface area contributed by atoms with Crippen LogP contribution in [0.5, 0.6) is 0 Å². The molecule has 0 saturated carbocycles. The van der Waals surface area contributed by atoms with Gasteiger partial charge in [-0.05, 0) is 49.0 Å². The van der Waals surface area contributed by atoms with Gasteiger partial charge >= 0.3 is 0 Å². The molecule has 5 heteroatoms. The maximum absolute atomic E-state index is 13.6. The van der Waals surface area contributed by atoms with Crippen LogP contribution in [0, 0.1) is 17.5 Å². The molecule has 0 amide bonds. The second-order valence-electron chi connectivity index (χ2n) is 4.77. The van der Waals surface area contributed by atoms with E-state index in [2.05, 4.69) is 9.97 Å². The minimum atomic E-state index is -0.217. The third kappa shape index (κ3) is 2.36. The first kappa shape index (κ1) is 13.0. The van der Waals surface area contributed by atoms with Crippen LogP contribution in [0.4, 0.5) is 4.39 Å². The van der Waals surface area contributed by atoms with E-state index >= 15 is 0 Å². The zero-order chi connectivity index (χ0) is 14.1. The van der Waals surface area contributed by atoms with Crippen LogP contribution < -0.4 is 0 Å². The zero-order valence-corrected chi connectivity index (χ0v) is 11.9. The largest absolute Gasteiger partial charge is 0.330 e. The van der Waals surface area contributed by atoms with Crippen molar-refractivity contribution in [2.75, 3.05) is 0 Å². The Morgan fingerprint density at radius 1 is 1.35 bits per heavy atom. The SMILES string of the molecule is Cc1cc2c(cc1F)[nH]c(=S)n2CCc1ccccn1. The molecule has 3 aromatic rings. The van der Waals surface area contributed by atoms with E-state index in [1.165, 1.54) is 6.07 Å². The highest BCUT2D eigenvalue weighted by Gasteiger charge is 2.08. The van der Waals surface area contributed by atoms with Gasteiger partial charge in [-0.3, -0.25) is 4.98 Å². The standard InChI is InChI=1S/C15H14FN3S/c1-10-8-14-13(9-12(10)16)18-15(20)19(14)7-5-11-4-2-3-6-17-11/h2-4,6,8-9H,5,7H2,1H3,(H,18,20). The minimum Gasteiger partial charge on any atom is -0.330 e. The Hall–Kier alpha value is -2.01. The molecule has 20 heavy (non-hydrogen) atoms. The lowest BCUT2D eigenvalue weighted by atomic mass is 10.2. The maximum Gasteiger partial charge on any atom is 0.178 e. The monoisotopic (exact) mass is 287 g/mol. The molecule has 1 N–H and O–H groups in total. The molecule has 0 bridgehead atoms. The van der Waals surface area contributed by atoms with Gasteiger partial charge in [0.2, 0.25) is 0 Å². The predicted octanol–water partition coefficient (Wildman–Crippen LogP) is 3.78. The number of nitrogens with one attached hydrogen (secondary N) is 1. The number of hydrogen-bond acceptors (Lipinski definition) is 2. The molecule has 0 spiro atoms. The fourth-order valence-corrected chi connectivity index (χ4v) is 2.58. The average Bonchev–Trinajstić information content (AvgIpc) is 2.73. The molecule has 1 aromatic carbocycles. The average molecular weight is 287 g/mol. The Morgan fingerprint density at radius 3 is 2.95 bits per heavy atom. The van der Waals surface area contributed by atoms with Crippen molar-refractivity contribution in [3.63, 3.8) is 0 Å². The fourth-order valence-electron chi connectivity index (χ4n) is 2.28. The number of H-pyrrole nitrogens is 1. The van der Waals surface area contributed by atoms with E-state index in [-0.39, 0.29) is 5.82 Å². The van der Waals surface area contributed by atoms with Crippen LogP contribution in [0.3, 0.4) is 0 Å². The topological polar surface area (TPSA) is 33.6 Å². The molecule has 2 aromatic heterocycles. The third-order valence-corrected chi connectivity index (χ3v) is 3.69. The van der Waals surface area contributed by atoms with Crippen molar-refractivity contribution < 1.29 is 4.39 Å². The summed E-state index contributed by atoms with van der Waals surface area (Å²) in [5.74, 6) is -0.217. The Bertz CT molecular complexity index is 805. The van der Waals surface area contributed by atoms with Gasteiger partial charge in [0.05, 0.1) is 11.0 Å². The predicted molar refractivity (Wildman–Crippen MR) is 79.8 cm³/mol. The lowest BCUT2D eigenvalue weighted by Crippen LogP contribution is -2.02. The first-order valence-corrected chi connectivity index (χ1v) is 6.84. The quantitative estimate of drug-likeness (QED) is 0.744. The van der Waals surface area contributed by atoms with Crippen molar-refractivity contribution in [3.05, 3.63) is 58.4 Å². The number of nitrogens with zero attached hydrogens (tertiary/aromatic N) is 2. The van der Waals surface area contributed by atoms with Crippen LogP contribution in [0.25, 0.3) is 11.0 Å². The number of imidazole rings is 1. The molecule has 102 valence electrons. The van der Waals surface area contributed by atoms with E-state index in [9.17, 15) is 4.39 Å². The number of aryl methyl sites for hydroxylation is 3. The molecule has 0 aliphatic carbocycles. The second-order valence-corrected chi connectivity index (χ2v) is 5.16. The number of pyridine rings is 1. The number of benzene rings is 1. The number of halogens is 1. The molecular formula is C15H14FN3S. The number of fused-ring (bicyclic) bond motifs is 1. The molecule has 0 aliphatic rings. The molecule has 0 atom stereocenters. The third-order valence-electron chi connectivity index (χ3n) is 3.37. The minimum absolute atomic E-state index is 0.217. The van der Waals surface area contributed by atoms with Crippen molar-refractivity contribution in [2.45, 2.75) is 19.9 Å². The van der Waals surface area contributed by atoms with Gasteiger partial charge in [0.15, 0.2) is 4.77 Å². The van der Waals surface area contributed by atoms with Crippen molar-refractivity contribution in [2.24, 2.45) is 0 Å². The Kier molecular flexibility index (Phi) is 3.36. The summed E-state index contributed by atoms with van der Waals surface area (Å²) in [5.41, 5.74) is 3.31. The van der Waals surface area contributed by atoms with E-state index in [1.807, 2.05) is 28.8 Å². The maximum atomic E-state index is 13.6. The Balaban J connectivity index is 1.97. The van der Waals surface area contributed by atoms with Crippen LogP contribution in [-0.4, -0.2) is 14.5 Å². The molecule has 0 fully saturated rings. The smallest absolute Gasteiger partial charge is 0.178 e. The second kappa shape index (κ2) is 5.17. The van der Waals surface area contributed by atoms with Crippen LogP contribution in [-0.2, 0) is 13.0 Å². The molecule has 3 rings (SSSR count). The van der Waals surface area contributed by atoms with Crippen LogP contribution in [0.1, 0.15) is 11.3 Å². The van der Waals surface area contributed by atoms with Crippen LogP contribution in [0.2, 0.25) is 0 Å². The van der Waals surface area contributed by atoms with Gasteiger partial charge in [0.25, 0.3) is 0 Å². The Morgan fingerprint density at radius 2 is 2.20 bits per heavy atom. The lowest BCUT2D eigenvalue weighted by Gasteiger charge is -2.05. The zero-order valence-electron chi connectivity index (χ0n) is 11.1. The van der Waals surface area contributed by atoms with Gasteiger partial charge < -0.3 is 9.55 Å². The fraction of sp³-hybridized carbons (Fsp3) is 0.200. The van der Waals surface area contributed by atoms with Crippen LogP contribution in [0.15, 0.2) is 36.5 Å². The number of aromatic amines is 1. The summed E-state index contributed by atoms with van der Waals surface area (Å²) in [6.45, 7) is 2.48. The van der Waals surface area contributed by atoms with Crippen LogP contribution >= 0.6 is 12.2 Å².